The number of hydrogen-bond donors (Lipinski definition) is 0. The number of ketones is 1. The second-order valence-electron chi connectivity index (χ2n) is 2.60. The number of halogens is 1. The van der Waals surface area contributed by atoms with Crippen LogP contribution in [0.15, 0.2) is 0 Å². The second kappa shape index (κ2) is 4.14. The van der Waals surface area contributed by atoms with E-state index in [2.05, 4.69) is 0 Å². The van der Waals surface area contributed by atoms with E-state index in [1.165, 1.54) is 0 Å². The van der Waals surface area contributed by atoms with E-state index in [0.717, 1.165) is 0 Å². The minimum atomic E-state index is -1.91. The Balaban J connectivity index is 3.73. The summed E-state index contributed by atoms with van der Waals surface area (Å²) in [7, 11) is 0. The maximum atomic E-state index is 12.2. The molecule has 0 amide bonds. The molecule has 0 aromatic rings. The standard InChI is InChI=1S/C7H11FO2/c1-5(2)3-7(10)6(8)4-9/h4-6H,3H2,1-2H3. The van der Waals surface area contributed by atoms with Crippen LogP contribution >= 0.6 is 0 Å². The summed E-state index contributed by atoms with van der Waals surface area (Å²) in [6, 6.07) is 0. The van der Waals surface area contributed by atoms with Gasteiger partial charge in [-0.1, -0.05) is 13.8 Å². The lowest BCUT2D eigenvalue weighted by Crippen LogP contribution is -2.18. The molecule has 0 aliphatic rings. The average Bonchev–Trinajstić information content (AvgIpc) is 1.85. The summed E-state index contributed by atoms with van der Waals surface area (Å²) in [5, 5.41) is 0. The molecule has 0 heterocycles. The molecule has 0 spiro atoms. The van der Waals surface area contributed by atoms with Crippen molar-refractivity contribution in [3.8, 4) is 0 Å². The number of rotatable bonds is 4. The van der Waals surface area contributed by atoms with Gasteiger partial charge in [-0.05, 0) is 5.92 Å². The lowest BCUT2D eigenvalue weighted by molar-refractivity contribution is -0.129. The monoisotopic (exact) mass is 146 g/mol. The van der Waals surface area contributed by atoms with Crippen molar-refractivity contribution >= 4 is 12.1 Å². The van der Waals surface area contributed by atoms with Crippen LogP contribution in [0.5, 0.6) is 0 Å². The molecule has 58 valence electrons. The van der Waals surface area contributed by atoms with Crippen molar-refractivity contribution in [2.24, 2.45) is 5.92 Å². The molecule has 0 aromatic heterocycles. The maximum Gasteiger partial charge on any atom is 0.213 e. The predicted octanol–water partition coefficient (Wildman–Crippen LogP) is 1.14. The molecule has 0 aromatic carbocycles. The van der Waals surface area contributed by atoms with Crippen molar-refractivity contribution in [2.75, 3.05) is 0 Å². The first-order valence-corrected chi connectivity index (χ1v) is 3.20. The Morgan fingerprint density at radius 3 is 2.40 bits per heavy atom. The quantitative estimate of drug-likeness (QED) is 0.440. The molecular formula is C7H11FO2. The van der Waals surface area contributed by atoms with E-state index < -0.39 is 12.0 Å². The van der Waals surface area contributed by atoms with Crippen molar-refractivity contribution in [1.82, 2.24) is 0 Å². The number of carbonyl (C=O) groups is 2. The van der Waals surface area contributed by atoms with Gasteiger partial charge in [0.1, 0.15) is 0 Å². The third-order valence-corrected chi connectivity index (χ3v) is 1.04. The first kappa shape index (κ1) is 9.27. The summed E-state index contributed by atoms with van der Waals surface area (Å²) in [4.78, 5) is 20.3. The lowest BCUT2D eigenvalue weighted by Gasteiger charge is -2.02. The second-order valence-corrected chi connectivity index (χ2v) is 2.60. The summed E-state index contributed by atoms with van der Waals surface area (Å²) in [5.41, 5.74) is 0. The Kier molecular flexibility index (Phi) is 3.84. The Hall–Kier alpha value is -0.730. The summed E-state index contributed by atoms with van der Waals surface area (Å²) in [5.74, 6) is -0.504. The van der Waals surface area contributed by atoms with Crippen LogP contribution in [0.1, 0.15) is 20.3 Å². The summed E-state index contributed by atoms with van der Waals surface area (Å²) in [6.07, 6.45) is -1.74. The van der Waals surface area contributed by atoms with E-state index in [1.54, 1.807) is 13.8 Å². The van der Waals surface area contributed by atoms with Gasteiger partial charge < -0.3 is 0 Å². The number of Topliss-reactive ketones (excluding diaryl/α,β-unsaturated/α-hetero) is 1. The SMILES string of the molecule is CC(C)CC(=O)C(F)C=O. The third-order valence-electron chi connectivity index (χ3n) is 1.04. The van der Waals surface area contributed by atoms with Crippen LogP contribution in [0.25, 0.3) is 0 Å². The van der Waals surface area contributed by atoms with Crippen LogP contribution in [0, 0.1) is 5.92 Å². The molecule has 1 atom stereocenters. The average molecular weight is 146 g/mol. The van der Waals surface area contributed by atoms with Crippen molar-refractivity contribution < 1.29 is 14.0 Å². The molecule has 0 aliphatic carbocycles. The fourth-order valence-corrected chi connectivity index (χ4v) is 0.591. The van der Waals surface area contributed by atoms with Crippen LogP contribution in [-0.4, -0.2) is 18.2 Å². The minimum absolute atomic E-state index is 0.0325. The van der Waals surface area contributed by atoms with E-state index in [-0.39, 0.29) is 18.6 Å². The number of alkyl halides is 1. The number of hydrogen-bond acceptors (Lipinski definition) is 2. The van der Waals surface area contributed by atoms with Gasteiger partial charge >= 0.3 is 0 Å². The molecule has 0 rings (SSSR count). The van der Waals surface area contributed by atoms with E-state index in [1.807, 2.05) is 0 Å². The first-order chi connectivity index (χ1) is 4.57. The van der Waals surface area contributed by atoms with Crippen molar-refractivity contribution in [1.29, 1.82) is 0 Å². The highest BCUT2D eigenvalue weighted by atomic mass is 19.1. The Labute approximate surface area is 59.4 Å². The van der Waals surface area contributed by atoms with Crippen LogP contribution in [-0.2, 0) is 9.59 Å². The molecule has 0 aliphatic heterocycles. The molecule has 0 radical (unpaired) electrons. The summed E-state index contributed by atoms with van der Waals surface area (Å²) < 4.78 is 12.2. The fraction of sp³-hybridized carbons (Fsp3) is 0.714. The predicted molar refractivity (Wildman–Crippen MR) is 35.4 cm³/mol. The van der Waals surface area contributed by atoms with Gasteiger partial charge in [0.15, 0.2) is 12.1 Å². The van der Waals surface area contributed by atoms with Crippen LogP contribution in [0.2, 0.25) is 0 Å². The van der Waals surface area contributed by atoms with Gasteiger partial charge in [-0.15, -0.1) is 0 Å². The molecular weight excluding hydrogens is 135 g/mol. The van der Waals surface area contributed by atoms with E-state index in [9.17, 15) is 14.0 Å². The van der Waals surface area contributed by atoms with Crippen LogP contribution < -0.4 is 0 Å². The van der Waals surface area contributed by atoms with Crippen LogP contribution in [0.3, 0.4) is 0 Å². The minimum Gasteiger partial charge on any atom is -0.300 e. The summed E-state index contributed by atoms with van der Waals surface area (Å²) in [6.45, 7) is 3.60. The fourth-order valence-electron chi connectivity index (χ4n) is 0.591. The highest BCUT2D eigenvalue weighted by molar-refractivity contribution is 5.95. The van der Waals surface area contributed by atoms with Gasteiger partial charge in [0.25, 0.3) is 0 Å². The number of aldehydes is 1. The Morgan fingerprint density at radius 1 is 1.60 bits per heavy atom. The zero-order valence-corrected chi connectivity index (χ0v) is 6.13. The van der Waals surface area contributed by atoms with E-state index in [0.29, 0.717) is 0 Å². The molecule has 0 saturated heterocycles. The number of carbonyl (C=O) groups excluding carboxylic acids is 2. The molecule has 3 heteroatoms. The molecule has 0 bridgehead atoms. The van der Waals surface area contributed by atoms with Gasteiger partial charge in [-0.2, -0.15) is 0 Å². The van der Waals surface area contributed by atoms with Gasteiger partial charge in [0, 0.05) is 6.42 Å². The van der Waals surface area contributed by atoms with Gasteiger partial charge in [-0.25, -0.2) is 4.39 Å². The van der Waals surface area contributed by atoms with Gasteiger partial charge in [0.05, 0.1) is 0 Å². The van der Waals surface area contributed by atoms with Crippen molar-refractivity contribution in [3.05, 3.63) is 0 Å². The molecule has 10 heavy (non-hydrogen) atoms. The topological polar surface area (TPSA) is 34.1 Å². The molecule has 0 N–H and O–H groups in total. The Bertz CT molecular complexity index is 132. The smallest absolute Gasteiger partial charge is 0.213 e. The zero-order chi connectivity index (χ0) is 8.15. The molecule has 0 saturated carbocycles. The molecule has 1 unspecified atom stereocenters. The van der Waals surface area contributed by atoms with Crippen LogP contribution in [0.4, 0.5) is 4.39 Å². The molecule has 0 fully saturated rings. The summed E-state index contributed by atoms with van der Waals surface area (Å²) >= 11 is 0. The van der Waals surface area contributed by atoms with Crippen molar-refractivity contribution in [3.63, 3.8) is 0 Å². The van der Waals surface area contributed by atoms with Gasteiger partial charge in [0.2, 0.25) is 6.17 Å². The normalized spacial score (nSPS) is 13.2. The lowest BCUT2D eigenvalue weighted by atomic mass is 10.1. The zero-order valence-electron chi connectivity index (χ0n) is 6.13. The highest BCUT2D eigenvalue weighted by Crippen LogP contribution is 2.03. The maximum absolute atomic E-state index is 12.2. The van der Waals surface area contributed by atoms with E-state index >= 15 is 0 Å². The molecule has 2 nitrogen and oxygen atoms in total. The Morgan fingerprint density at radius 2 is 2.10 bits per heavy atom. The largest absolute Gasteiger partial charge is 0.300 e. The van der Waals surface area contributed by atoms with Gasteiger partial charge in [-0.3, -0.25) is 9.59 Å². The third kappa shape index (κ3) is 3.33. The van der Waals surface area contributed by atoms with E-state index in [4.69, 9.17) is 0 Å². The van der Waals surface area contributed by atoms with Crippen molar-refractivity contribution in [2.45, 2.75) is 26.4 Å². The first-order valence-electron chi connectivity index (χ1n) is 3.20. The highest BCUT2D eigenvalue weighted by Gasteiger charge is 2.16.